The highest BCUT2D eigenvalue weighted by molar-refractivity contribution is 5.76. The van der Waals surface area contributed by atoms with Gasteiger partial charge < -0.3 is 14.6 Å². The number of carbonyl (C=O) groups is 2. The van der Waals surface area contributed by atoms with E-state index in [2.05, 4.69) is 15.3 Å². The summed E-state index contributed by atoms with van der Waals surface area (Å²) in [4.78, 5) is 55.5. The number of H-pyrrole nitrogens is 1. The average molecular weight is 456 g/mol. The Morgan fingerprint density at radius 2 is 1.91 bits per heavy atom. The second kappa shape index (κ2) is 10.3. The van der Waals surface area contributed by atoms with E-state index in [-0.39, 0.29) is 30.1 Å². The number of aromatic nitrogens is 4. The van der Waals surface area contributed by atoms with E-state index in [0.29, 0.717) is 12.4 Å². The zero-order valence-electron chi connectivity index (χ0n) is 19.3. The zero-order chi connectivity index (χ0) is 24.1. The maximum atomic E-state index is 12.6. The Hall–Kier alpha value is -3.69. The second-order valence-electron chi connectivity index (χ2n) is 8.05. The molecular formula is C23H29N5O5. The van der Waals surface area contributed by atoms with Crippen molar-refractivity contribution in [3.63, 3.8) is 0 Å². The normalized spacial score (nSPS) is 12.0. The van der Waals surface area contributed by atoms with Crippen LogP contribution in [0.1, 0.15) is 56.1 Å². The number of hydrogen-bond acceptors (Lipinski definition) is 6. The largest absolute Gasteiger partial charge is 0.457 e. The number of imidazole rings is 1. The lowest BCUT2D eigenvalue weighted by atomic mass is 10.0. The topological polar surface area (TPSA) is 128 Å². The van der Waals surface area contributed by atoms with Crippen molar-refractivity contribution in [2.24, 2.45) is 7.05 Å². The number of aromatic amines is 1. The molecule has 176 valence electrons. The second-order valence-corrected chi connectivity index (χ2v) is 8.05. The van der Waals surface area contributed by atoms with Gasteiger partial charge in [-0.1, -0.05) is 43.2 Å². The molecular weight excluding hydrogens is 426 g/mol. The van der Waals surface area contributed by atoms with Crippen LogP contribution in [0.4, 0.5) is 0 Å². The molecule has 0 fully saturated rings. The van der Waals surface area contributed by atoms with E-state index in [9.17, 15) is 19.2 Å². The lowest BCUT2D eigenvalue weighted by Gasteiger charge is -2.18. The minimum absolute atomic E-state index is 0.0611. The summed E-state index contributed by atoms with van der Waals surface area (Å²) in [6.45, 7) is 5.60. The number of nitrogens with one attached hydrogen (secondary N) is 2. The number of carbonyl (C=O) groups excluding carboxylic acids is 2. The summed E-state index contributed by atoms with van der Waals surface area (Å²) in [6.07, 6.45) is 1.57. The number of ether oxygens (including phenoxy) is 1. The highest BCUT2D eigenvalue weighted by atomic mass is 16.5. The number of hydrogen-bond donors (Lipinski definition) is 2. The van der Waals surface area contributed by atoms with Crippen LogP contribution in [0.2, 0.25) is 0 Å². The van der Waals surface area contributed by atoms with Crippen molar-refractivity contribution in [1.82, 2.24) is 24.4 Å². The minimum atomic E-state index is -0.541. The lowest BCUT2D eigenvalue weighted by molar-refractivity contribution is -0.146. The first-order valence-electron chi connectivity index (χ1n) is 10.9. The number of rotatable bonds is 9. The molecule has 2 N–H and O–H groups in total. The lowest BCUT2D eigenvalue weighted by Crippen LogP contribution is -2.31. The number of benzene rings is 1. The third-order valence-corrected chi connectivity index (χ3v) is 5.43. The molecule has 0 bridgehead atoms. The summed E-state index contributed by atoms with van der Waals surface area (Å²) in [5, 5.41) is 2.77. The summed E-state index contributed by atoms with van der Waals surface area (Å²) < 4.78 is 8.36. The Bertz CT molecular complexity index is 1270. The maximum Gasteiger partial charge on any atom is 0.330 e. The van der Waals surface area contributed by atoms with Crippen LogP contribution in [-0.4, -0.2) is 31.0 Å². The quantitative estimate of drug-likeness (QED) is 0.474. The van der Waals surface area contributed by atoms with Crippen LogP contribution in [0, 0.1) is 6.92 Å². The van der Waals surface area contributed by atoms with E-state index in [4.69, 9.17) is 4.74 Å². The van der Waals surface area contributed by atoms with Gasteiger partial charge in [-0.25, -0.2) is 9.78 Å². The van der Waals surface area contributed by atoms with Crippen LogP contribution in [0.3, 0.4) is 0 Å². The van der Waals surface area contributed by atoms with Crippen molar-refractivity contribution in [1.29, 1.82) is 0 Å². The molecule has 3 aromatic rings. The first-order valence-corrected chi connectivity index (χ1v) is 10.9. The number of esters is 1. The highest BCUT2D eigenvalue weighted by Crippen LogP contribution is 2.19. The molecule has 0 spiro atoms. The summed E-state index contributed by atoms with van der Waals surface area (Å²) in [7, 11) is 1.63. The van der Waals surface area contributed by atoms with E-state index in [0.717, 1.165) is 24.0 Å². The first-order chi connectivity index (χ1) is 15.7. The van der Waals surface area contributed by atoms with E-state index < -0.39 is 23.3 Å². The van der Waals surface area contributed by atoms with Crippen molar-refractivity contribution >= 4 is 23.0 Å². The fraction of sp³-hybridized carbons (Fsp3) is 0.435. The van der Waals surface area contributed by atoms with Crippen molar-refractivity contribution in [2.45, 2.75) is 59.2 Å². The van der Waals surface area contributed by atoms with Gasteiger partial charge in [0.15, 0.2) is 11.2 Å². The predicted molar refractivity (Wildman–Crippen MR) is 123 cm³/mol. The van der Waals surface area contributed by atoms with Gasteiger partial charge >= 0.3 is 11.7 Å². The Balaban J connectivity index is 1.79. The summed E-state index contributed by atoms with van der Waals surface area (Å²) in [5.41, 5.74) is 1.31. The summed E-state index contributed by atoms with van der Waals surface area (Å²) in [5.74, 6) is -0.447. The molecule has 1 amide bonds. The Labute approximate surface area is 190 Å². The third kappa shape index (κ3) is 5.57. The van der Waals surface area contributed by atoms with Gasteiger partial charge in [-0.3, -0.25) is 23.9 Å². The molecule has 0 aliphatic rings. The van der Waals surface area contributed by atoms with Gasteiger partial charge in [0.05, 0.1) is 12.5 Å². The van der Waals surface area contributed by atoms with E-state index in [1.54, 1.807) is 7.05 Å². The number of unbranched alkanes of at least 4 members (excludes halogenated alkanes) is 1. The smallest absolute Gasteiger partial charge is 0.330 e. The monoisotopic (exact) mass is 455 g/mol. The maximum absolute atomic E-state index is 12.6. The SMILES string of the molecule is CCCCn1c(=O)[nH]c(=O)c2c1nc(COC(=O)CC(NC(C)=O)c1ccc(C)cc1)n2C. The molecule has 10 heteroatoms. The standard InChI is InChI=1S/C23H29N5O5/c1-5-6-11-28-21-20(22(31)26-23(28)32)27(4)18(25-21)13-33-19(30)12-17(24-15(3)29)16-9-7-14(2)8-10-16/h7-10,17H,5-6,11-13H2,1-4H3,(H,24,29)(H,26,31,32). The molecule has 10 nitrogen and oxygen atoms in total. The number of fused-ring (bicyclic) bond motifs is 1. The van der Waals surface area contributed by atoms with Crippen molar-refractivity contribution in [2.75, 3.05) is 0 Å². The Kier molecular flexibility index (Phi) is 7.47. The van der Waals surface area contributed by atoms with Crippen LogP contribution >= 0.6 is 0 Å². The van der Waals surface area contributed by atoms with Crippen LogP contribution in [0.25, 0.3) is 11.2 Å². The zero-order valence-corrected chi connectivity index (χ0v) is 19.3. The van der Waals surface area contributed by atoms with E-state index in [1.165, 1.54) is 16.1 Å². The van der Waals surface area contributed by atoms with Crippen LogP contribution < -0.4 is 16.6 Å². The number of aryl methyl sites for hydroxylation is 3. The minimum Gasteiger partial charge on any atom is -0.457 e. The molecule has 3 rings (SSSR count). The first kappa shape index (κ1) is 24.0. The molecule has 0 saturated heterocycles. The van der Waals surface area contributed by atoms with Gasteiger partial charge in [0, 0.05) is 20.5 Å². The van der Waals surface area contributed by atoms with Crippen LogP contribution in [0.5, 0.6) is 0 Å². The fourth-order valence-electron chi connectivity index (χ4n) is 3.61. The molecule has 33 heavy (non-hydrogen) atoms. The molecule has 2 heterocycles. The predicted octanol–water partition coefficient (Wildman–Crippen LogP) is 1.84. The van der Waals surface area contributed by atoms with Gasteiger partial charge in [0.2, 0.25) is 5.91 Å². The van der Waals surface area contributed by atoms with Crippen molar-refractivity contribution < 1.29 is 14.3 Å². The summed E-state index contributed by atoms with van der Waals surface area (Å²) >= 11 is 0. The summed E-state index contributed by atoms with van der Waals surface area (Å²) in [6, 6.07) is 7.00. The number of nitrogens with zero attached hydrogens (tertiary/aromatic N) is 3. The molecule has 0 aliphatic carbocycles. The molecule has 1 atom stereocenters. The molecule has 0 aliphatic heterocycles. The van der Waals surface area contributed by atoms with Crippen molar-refractivity contribution in [3.05, 3.63) is 62.1 Å². The average Bonchev–Trinajstić information content (AvgIpc) is 3.08. The number of amides is 1. The van der Waals surface area contributed by atoms with E-state index >= 15 is 0 Å². The third-order valence-electron chi connectivity index (χ3n) is 5.43. The molecule has 1 aromatic carbocycles. The van der Waals surface area contributed by atoms with Crippen molar-refractivity contribution in [3.8, 4) is 0 Å². The molecule has 2 aromatic heterocycles. The van der Waals surface area contributed by atoms with Crippen LogP contribution in [-0.2, 0) is 34.5 Å². The van der Waals surface area contributed by atoms with Gasteiger partial charge in [0.25, 0.3) is 5.56 Å². The highest BCUT2D eigenvalue weighted by Gasteiger charge is 2.20. The Morgan fingerprint density at radius 3 is 2.55 bits per heavy atom. The van der Waals surface area contributed by atoms with E-state index in [1.807, 2.05) is 38.1 Å². The van der Waals surface area contributed by atoms with Gasteiger partial charge in [-0.2, -0.15) is 0 Å². The molecule has 0 radical (unpaired) electrons. The molecule has 0 saturated carbocycles. The Morgan fingerprint density at radius 1 is 1.21 bits per heavy atom. The van der Waals surface area contributed by atoms with Gasteiger partial charge in [-0.05, 0) is 18.9 Å². The fourth-order valence-corrected chi connectivity index (χ4v) is 3.61. The van der Waals surface area contributed by atoms with Gasteiger partial charge in [-0.15, -0.1) is 0 Å². The molecule has 1 unspecified atom stereocenters. The van der Waals surface area contributed by atoms with Gasteiger partial charge in [0.1, 0.15) is 12.4 Å². The van der Waals surface area contributed by atoms with Crippen LogP contribution in [0.15, 0.2) is 33.9 Å².